The lowest BCUT2D eigenvalue weighted by Gasteiger charge is -2.08. The Morgan fingerprint density at radius 1 is 1.73 bits per heavy atom. The van der Waals surface area contributed by atoms with Gasteiger partial charge in [0.15, 0.2) is 0 Å². The van der Waals surface area contributed by atoms with Gasteiger partial charge in [0.2, 0.25) is 0 Å². The molecule has 0 heterocycles. The average molecular weight is 177 g/mol. The van der Waals surface area contributed by atoms with Gasteiger partial charge in [-0.2, -0.15) is 0 Å². The highest BCUT2D eigenvalue weighted by molar-refractivity contribution is 6.25. The summed E-state index contributed by atoms with van der Waals surface area (Å²) in [5, 5.41) is 0. The number of rotatable bonds is 4. The van der Waals surface area contributed by atoms with E-state index in [1.165, 1.54) is 5.54 Å². The Labute approximate surface area is 72.2 Å². The molecule has 0 aromatic rings. The number of esters is 1. The highest BCUT2D eigenvalue weighted by Crippen LogP contribution is 1.99. The molecule has 2 nitrogen and oxygen atoms in total. The Hall–Kier alpha value is -0.500. The predicted octanol–water partition coefficient (Wildman–Crippen LogP) is 2.47. The van der Waals surface area contributed by atoms with Gasteiger partial charge >= 0.3 is 5.97 Å². The van der Waals surface area contributed by atoms with Crippen LogP contribution >= 0.6 is 11.6 Å². The number of carbonyl (C=O) groups is 1. The summed E-state index contributed by atoms with van der Waals surface area (Å²) in [6, 6.07) is 0. The lowest BCUT2D eigenvalue weighted by Crippen LogP contribution is -2.12. The molecule has 1 unspecified atom stereocenters. The highest BCUT2D eigenvalue weighted by atomic mass is 35.5. The summed E-state index contributed by atoms with van der Waals surface area (Å²) < 4.78 is 4.95. The van der Waals surface area contributed by atoms with Gasteiger partial charge in [-0.3, -0.25) is 4.79 Å². The second-order valence-corrected chi connectivity index (χ2v) is 2.53. The van der Waals surface area contributed by atoms with Crippen LogP contribution in [0.4, 0.5) is 0 Å². The van der Waals surface area contributed by atoms with Gasteiger partial charge in [0.05, 0.1) is 12.5 Å². The van der Waals surface area contributed by atoms with Crippen molar-refractivity contribution in [2.24, 2.45) is 0 Å². The van der Waals surface area contributed by atoms with Crippen LogP contribution in [0.1, 0.15) is 26.7 Å². The number of hydrogen-bond acceptors (Lipinski definition) is 2. The zero-order chi connectivity index (χ0) is 8.69. The van der Waals surface area contributed by atoms with Crippen molar-refractivity contribution < 1.29 is 9.53 Å². The van der Waals surface area contributed by atoms with Gasteiger partial charge in [-0.25, -0.2) is 0 Å². The monoisotopic (exact) mass is 176 g/mol. The molecule has 0 saturated heterocycles. The van der Waals surface area contributed by atoms with Crippen molar-refractivity contribution >= 4 is 17.6 Å². The molecule has 0 aliphatic heterocycles. The molecule has 0 fully saturated rings. The SMILES string of the molecule is CCC(C)OC(=O)C/C=C/Cl. The highest BCUT2D eigenvalue weighted by Gasteiger charge is 2.04. The van der Waals surface area contributed by atoms with Crippen LogP contribution in [0, 0.1) is 0 Å². The molecule has 11 heavy (non-hydrogen) atoms. The van der Waals surface area contributed by atoms with E-state index in [-0.39, 0.29) is 18.5 Å². The average Bonchev–Trinajstić information content (AvgIpc) is 2.00. The normalized spacial score (nSPS) is 13.4. The van der Waals surface area contributed by atoms with E-state index < -0.39 is 0 Å². The van der Waals surface area contributed by atoms with Crippen molar-refractivity contribution in [2.45, 2.75) is 32.8 Å². The van der Waals surface area contributed by atoms with Crippen molar-refractivity contribution in [1.82, 2.24) is 0 Å². The largest absolute Gasteiger partial charge is 0.462 e. The summed E-state index contributed by atoms with van der Waals surface area (Å²) in [4.78, 5) is 10.8. The molecular formula is C8H13ClO2. The fourth-order valence-electron chi connectivity index (χ4n) is 0.497. The van der Waals surface area contributed by atoms with E-state index in [9.17, 15) is 4.79 Å². The van der Waals surface area contributed by atoms with Crippen LogP contribution in [0.2, 0.25) is 0 Å². The summed E-state index contributed by atoms with van der Waals surface area (Å²) in [5.74, 6) is -0.226. The molecule has 0 spiro atoms. The van der Waals surface area contributed by atoms with Gasteiger partial charge in [0, 0.05) is 5.54 Å². The minimum absolute atomic E-state index is 0.00576. The van der Waals surface area contributed by atoms with Crippen LogP contribution in [0.3, 0.4) is 0 Å². The molecule has 0 aliphatic rings. The van der Waals surface area contributed by atoms with Crippen LogP contribution in [-0.2, 0) is 9.53 Å². The lowest BCUT2D eigenvalue weighted by molar-refractivity contribution is -0.147. The van der Waals surface area contributed by atoms with Crippen LogP contribution in [0.15, 0.2) is 11.6 Å². The van der Waals surface area contributed by atoms with Crippen molar-refractivity contribution in [3.63, 3.8) is 0 Å². The van der Waals surface area contributed by atoms with E-state index >= 15 is 0 Å². The Bertz CT molecular complexity index is 143. The summed E-state index contributed by atoms with van der Waals surface area (Å²) in [7, 11) is 0. The molecule has 3 heteroatoms. The standard InChI is InChI=1S/C8H13ClO2/c1-3-7(2)11-8(10)5-4-6-9/h4,6-7H,3,5H2,1-2H3/b6-4+. The summed E-state index contributed by atoms with van der Waals surface area (Å²) in [5.41, 5.74) is 1.32. The van der Waals surface area contributed by atoms with Crippen LogP contribution in [0.5, 0.6) is 0 Å². The zero-order valence-electron chi connectivity index (χ0n) is 6.84. The first kappa shape index (κ1) is 10.5. The third kappa shape index (κ3) is 5.92. The maximum Gasteiger partial charge on any atom is 0.309 e. The molecular weight excluding hydrogens is 164 g/mol. The van der Waals surface area contributed by atoms with E-state index in [1.807, 2.05) is 13.8 Å². The van der Waals surface area contributed by atoms with E-state index in [4.69, 9.17) is 16.3 Å². The van der Waals surface area contributed by atoms with Gasteiger partial charge in [-0.1, -0.05) is 24.6 Å². The number of halogens is 1. The van der Waals surface area contributed by atoms with Crippen molar-refractivity contribution in [2.75, 3.05) is 0 Å². The van der Waals surface area contributed by atoms with Crippen molar-refractivity contribution in [3.05, 3.63) is 11.6 Å². The minimum atomic E-state index is -0.226. The van der Waals surface area contributed by atoms with E-state index in [1.54, 1.807) is 6.08 Å². The van der Waals surface area contributed by atoms with Crippen LogP contribution in [0.25, 0.3) is 0 Å². The van der Waals surface area contributed by atoms with Gasteiger partial charge in [-0.05, 0) is 13.3 Å². The molecule has 0 saturated carbocycles. The predicted molar refractivity (Wildman–Crippen MR) is 45.5 cm³/mol. The Balaban J connectivity index is 3.52. The first-order chi connectivity index (χ1) is 5.20. The van der Waals surface area contributed by atoms with E-state index in [0.29, 0.717) is 0 Å². The maximum absolute atomic E-state index is 10.8. The minimum Gasteiger partial charge on any atom is -0.462 e. The summed E-state index contributed by atoms with van der Waals surface area (Å²) >= 11 is 5.23. The van der Waals surface area contributed by atoms with Gasteiger partial charge in [0.25, 0.3) is 0 Å². The van der Waals surface area contributed by atoms with Gasteiger partial charge in [-0.15, -0.1) is 0 Å². The molecule has 0 aliphatic carbocycles. The van der Waals surface area contributed by atoms with E-state index in [2.05, 4.69) is 0 Å². The van der Waals surface area contributed by atoms with E-state index in [0.717, 1.165) is 6.42 Å². The fraction of sp³-hybridized carbons (Fsp3) is 0.625. The van der Waals surface area contributed by atoms with Crippen LogP contribution < -0.4 is 0 Å². The molecule has 0 aromatic carbocycles. The third-order valence-electron chi connectivity index (χ3n) is 1.28. The van der Waals surface area contributed by atoms with Crippen molar-refractivity contribution in [1.29, 1.82) is 0 Å². The Kier molecular flexibility index (Phi) is 5.94. The number of carbonyl (C=O) groups excluding carboxylic acids is 1. The quantitative estimate of drug-likeness (QED) is 0.616. The molecule has 0 radical (unpaired) electrons. The Morgan fingerprint density at radius 2 is 2.36 bits per heavy atom. The van der Waals surface area contributed by atoms with Gasteiger partial charge < -0.3 is 4.74 Å². The third-order valence-corrected chi connectivity index (χ3v) is 1.46. The molecule has 0 bridgehead atoms. The number of hydrogen-bond donors (Lipinski definition) is 0. The fourth-order valence-corrected chi connectivity index (χ4v) is 0.586. The first-order valence-corrected chi connectivity index (χ1v) is 4.09. The molecule has 0 rings (SSSR count). The second-order valence-electron chi connectivity index (χ2n) is 2.27. The first-order valence-electron chi connectivity index (χ1n) is 3.65. The van der Waals surface area contributed by atoms with Crippen molar-refractivity contribution in [3.8, 4) is 0 Å². The molecule has 0 amide bonds. The smallest absolute Gasteiger partial charge is 0.309 e. The lowest BCUT2D eigenvalue weighted by atomic mass is 10.3. The summed E-state index contributed by atoms with van der Waals surface area (Å²) in [6.45, 7) is 3.83. The molecule has 0 aromatic heterocycles. The Morgan fingerprint density at radius 3 is 2.82 bits per heavy atom. The maximum atomic E-state index is 10.8. The molecule has 0 N–H and O–H groups in total. The second kappa shape index (κ2) is 6.23. The topological polar surface area (TPSA) is 26.3 Å². The zero-order valence-corrected chi connectivity index (χ0v) is 7.60. The van der Waals surface area contributed by atoms with Gasteiger partial charge in [0.1, 0.15) is 0 Å². The van der Waals surface area contributed by atoms with Crippen LogP contribution in [-0.4, -0.2) is 12.1 Å². The summed E-state index contributed by atoms with van der Waals surface area (Å²) in [6.07, 6.45) is 2.67. The molecule has 1 atom stereocenters. The number of ether oxygens (including phenoxy) is 1. The molecule has 64 valence electrons.